The fraction of sp³-hybridized carbons (Fsp3) is 0.651. The summed E-state index contributed by atoms with van der Waals surface area (Å²) in [6.45, 7) is 13.4. The Labute approximate surface area is 319 Å². The van der Waals surface area contributed by atoms with Gasteiger partial charge in [0, 0.05) is 16.3 Å². The molecule has 2 aromatic carbocycles. The molecular formula is C43H68N2O6S. The minimum atomic E-state index is -0.752. The highest BCUT2D eigenvalue weighted by molar-refractivity contribution is 7.98. The summed E-state index contributed by atoms with van der Waals surface area (Å²) < 4.78 is 17.2. The summed E-state index contributed by atoms with van der Waals surface area (Å²) in [7, 11) is 0. The van der Waals surface area contributed by atoms with Crippen molar-refractivity contribution >= 4 is 41.1 Å². The Kier molecular flexibility index (Phi) is 20.9. The van der Waals surface area contributed by atoms with Crippen molar-refractivity contribution in [2.75, 3.05) is 29.6 Å². The van der Waals surface area contributed by atoms with Crippen LogP contribution in [0.1, 0.15) is 162 Å². The molecule has 1 N–H and O–H groups in total. The number of nitrogens with zero attached hydrogens (tertiary/aromatic N) is 1. The number of benzene rings is 2. The van der Waals surface area contributed by atoms with Gasteiger partial charge in [-0.1, -0.05) is 103 Å². The lowest BCUT2D eigenvalue weighted by Gasteiger charge is -2.27. The van der Waals surface area contributed by atoms with Crippen LogP contribution >= 0.6 is 11.8 Å². The highest BCUT2D eigenvalue weighted by Gasteiger charge is 2.26. The Hall–Kier alpha value is -3.20. The number of thioether (sulfide) groups is 1. The maximum absolute atomic E-state index is 13.3. The van der Waals surface area contributed by atoms with E-state index in [0.717, 1.165) is 17.7 Å². The molecule has 0 spiro atoms. The van der Waals surface area contributed by atoms with E-state index in [1.807, 2.05) is 18.4 Å². The van der Waals surface area contributed by atoms with Crippen LogP contribution in [0.3, 0.4) is 0 Å². The molecule has 9 heteroatoms. The zero-order valence-electron chi connectivity index (χ0n) is 33.6. The summed E-state index contributed by atoms with van der Waals surface area (Å²) in [4.78, 5) is 41.4. The Morgan fingerprint density at radius 3 is 1.65 bits per heavy atom. The van der Waals surface area contributed by atoms with E-state index in [1.54, 1.807) is 71.9 Å². The SMILES string of the molecule is CCCCCCCCCCCCCCCCCCOc1ccc(N(CC(=O)Nc2ccc(SC)c(C(=O)OC(C)(C)C)c2)C(=O)OC(C)(C)C)cc1. The third-order valence-corrected chi connectivity index (χ3v) is 9.23. The predicted molar refractivity (Wildman–Crippen MR) is 217 cm³/mol. The number of hydrogen-bond donors (Lipinski definition) is 1. The van der Waals surface area contributed by atoms with Crippen LogP contribution in [0.15, 0.2) is 47.4 Å². The molecule has 0 aromatic heterocycles. The lowest BCUT2D eigenvalue weighted by atomic mass is 10.0. The zero-order valence-corrected chi connectivity index (χ0v) is 34.4. The second-order valence-electron chi connectivity index (χ2n) is 15.7. The van der Waals surface area contributed by atoms with E-state index in [-0.39, 0.29) is 6.54 Å². The molecule has 0 radical (unpaired) electrons. The van der Waals surface area contributed by atoms with E-state index in [9.17, 15) is 14.4 Å². The van der Waals surface area contributed by atoms with Gasteiger partial charge in [0.15, 0.2) is 0 Å². The van der Waals surface area contributed by atoms with Gasteiger partial charge in [-0.05, 0) is 96.7 Å². The Morgan fingerprint density at radius 2 is 1.17 bits per heavy atom. The van der Waals surface area contributed by atoms with Crippen LogP contribution in [0.25, 0.3) is 0 Å². The fourth-order valence-corrected chi connectivity index (χ4v) is 6.33. The van der Waals surface area contributed by atoms with Crippen LogP contribution < -0.4 is 15.0 Å². The largest absolute Gasteiger partial charge is 0.494 e. The van der Waals surface area contributed by atoms with E-state index in [2.05, 4.69) is 12.2 Å². The van der Waals surface area contributed by atoms with E-state index in [4.69, 9.17) is 14.2 Å². The van der Waals surface area contributed by atoms with Gasteiger partial charge in [-0.25, -0.2) is 9.59 Å². The monoisotopic (exact) mass is 740 g/mol. The number of anilines is 2. The summed E-state index contributed by atoms with van der Waals surface area (Å²) in [5, 5.41) is 2.82. The molecular weight excluding hydrogens is 673 g/mol. The number of rotatable bonds is 24. The smallest absolute Gasteiger partial charge is 0.415 e. The predicted octanol–water partition coefficient (Wildman–Crippen LogP) is 12.4. The van der Waals surface area contributed by atoms with Gasteiger partial charge in [-0.3, -0.25) is 9.69 Å². The van der Waals surface area contributed by atoms with Crippen molar-refractivity contribution in [3.8, 4) is 5.75 Å². The maximum atomic E-state index is 13.3. The normalized spacial score (nSPS) is 11.6. The summed E-state index contributed by atoms with van der Waals surface area (Å²) in [6.07, 6.45) is 22.5. The highest BCUT2D eigenvalue weighted by Crippen LogP contribution is 2.27. The first-order valence-electron chi connectivity index (χ1n) is 19.7. The first-order chi connectivity index (χ1) is 24.7. The molecule has 2 aromatic rings. The van der Waals surface area contributed by atoms with E-state index >= 15 is 0 Å². The summed E-state index contributed by atoms with van der Waals surface area (Å²) >= 11 is 1.42. The first kappa shape index (κ1) is 45.0. The molecule has 52 heavy (non-hydrogen) atoms. The van der Waals surface area contributed by atoms with E-state index in [1.165, 1.54) is 107 Å². The average molecular weight is 741 g/mol. The number of hydrogen-bond acceptors (Lipinski definition) is 7. The second-order valence-corrected chi connectivity index (χ2v) is 16.5. The number of unbranched alkanes of at least 4 members (excludes halogenated alkanes) is 15. The van der Waals surface area contributed by atoms with Crippen molar-refractivity contribution in [1.82, 2.24) is 0 Å². The number of ether oxygens (including phenoxy) is 3. The molecule has 0 atom stereocenters. The van der Waals surface area contributed by atoms with Crippen LogP contribution in [-0.4, -0.2) is 48.6 Å². The van der Waals surface area contributed by atoms with Crippen LogP contribution in [-0.2, 0) is 14.3 Å². The van der Waals surface area contributed by atoms with Crippen molar-refractivity contribution in [2.24, 2.45) is 0 Å². The lowest BCUT2D eigenvalue weighted by molar-refractivity contribution is -0.115. The minimum Gasteiger partial charge on any atom is -0.494 e. The lowest BCUT2D eigenvalue weighted by Crippen LogP contribution is -2.41. The molecule has 8 nitrogen and oxygen atoms in total. The van der Waals surface area contributed by atoms with Crippen LogP contribution in [0.5, 0.6) is 5.75 Å². The molecule has 2 rings (SSSR count). The van der Waals surface area contributed by atoms with Crippen LogP contribution in [0.4, 0.5) is 16.2 Å². The van der Waals surface area contributed by atoms with E-state index < -0.39 is 29.2 Å². The van der Waals surface area contributed by atoms with Gasteiger partial charge in [0.05, 0.1) is 12.2 Å². The quantitative estimate of drug-likeness (QED) is 0.0650. The third-order valence-electron chi connectivity index (χ3n) is 8.43. The molecule has 2 amide bonds. The number of esters is 1. The number of amides is 2. The third kappa shape index (κ3) is 19.6. The molecule has 0 aliphatic rings. The van der Waals surface area contributed by atoms with Gasteiger partial charge in [0.2, 0.25) is 5.91 Å². The van der Waals surface area contributed by atoms with Gasteiger partial charge in [0.25, 0.3) is 0 Å². The number of nitrogens with one attached hydrogen (secondary N) is 1. The number of carbonyl (C=O) groups is 3. The van der Waals surface area contributed by atoms with Crippen LogP contribution in [0.2, 0.25) is 0 Å². The summed E-state index contributed by atoms with van der Waals surface area (Å²) in [5.74, 6) is -0.205. The van der Waals surface area contributed by atoms with Crippen LogP contribution in [0, 0.1) is 0 Å². The number of carbonyl (C=O) groups excluding carboxylic acids is 3. The molecule has 0 aliphatic heterocycles. The Morgan fingerprint density at radius 1 is 0.673 bits per heavy atom. The molecule has 0 saturated heterocycles. The van der Waals surface area contributed by atoms with Crippen molar-refractivity contribution in [1.29, 1.82) is 0 Å². The molecule has 0 unspecified atom stereocenters. The van der Waals surface area contributed by atoms with Gasteiger partial charge in [-0.2, -0.15) is 0 Å². The van der Waals surface area contributed by atoms with Crippen molar-refractivity contribution in [3.05, 3.63) is 48.0 Å². The zero-order chi connectivity index (χ0) is 38.4. The first-order valence-corrected chi connectivity index (χ1v) is 20.9. The maximum Gasteiger partial charge on any atom is 0.415 e. The highest BCUT2D eigenvalue weighted by atomic mass is 32.2. The van der Waals surface area contributed by atoms with Gasteiger partial charge >= 0.3 is 12.1 Å². The van der Waals surface area contributed by atoms with Crippen molar-refractivity contribution in [2.45, 2.75) is 167 Å². The molecule has 0 bridgehead atoms. The minimum absolute atomic E-state index is 0.291. The molecule has 0 aliphatic carbocycles. The standard InChI is InChI=1S/C43H68N2O6S/c1-9-10-11-12-13-14-15-16-17-18-19-20-21-22-23-24-31-49-36-28-26-35(27-29-36)45(41(48)51-43(5,6)7)33-39(46)44-34-25-30-38(52-8)37(32-34)40(47)50-42(2,3)4/h25-30,32H,9-24,31,33H2,1-8H3,(H,44,46). The molecule has 0 saturated carbocycles. The van der Waals surface area contributed by atoms with Gasteiger partial charge in [0.1, 0.15) is 23.5 Å². The fourth-order valence-electron chi connectivity index (χ4n) is 5.76. The average Bonchev–Trinajstić information content (AvgIpc) is 3.07. The second kappa shape index (κ2) is 24.2. The van der Waals surface area contributed by atoms with Gasteiger partial charge < -0.3 is 19.5 Å². The van der Waals surface area contributed by atoms with Gasteiger partial charge in [-0.15, -0.1) is 11.8 Å². The molecule has 292 valence electrons. The molecule has 0 fully saturated rings. The Bertz CT molecular complexity index is 1330. The van der Waals surface area contributed by atoms with Crippen molar-refractivity contribution in [3.63, 3.8) is 0 Å². The summed E-state index contributed by atoms with van der Waals surface area (Å²) in [5.41, 5.74) is -0.125. The Balaban J connectivity index is 1.82. The van der Waals surface area contributed by atoms with Crippen molar-refractivity contribution < 1.29 is 28.6 Å². The topological polar surface area (TPSA) is 94.2 Å². The van der Waals surface area contributed by atoms with E-state index in [0.29, 0.717) is 29.3 Å². The summed E-state index contributed by atoms with van der Waals surface area (Å²) in [6, 6.07) is 12.2. The molecule has 0 heterocycles.